The maximum absolute atomic E-state index is 13.1. The summed E-state index contributed by atoms with van der Waals surface area (Å²) in [5, 5.41) is 3.96. The van der Waals surface area contributed by atoms with Gasteiger partial charge in [-0.15, -0.1) is 0 Å². The molecule has 178 valence electrons. The second-order valence-corrected chi connectivity index (χ2v) is 9.87. The fourth-order valence-electron chi connectivity index (χ4n) is 4.27. The van der Waals surface area contributed by atoms with Crippen molar-refractivity contribution in [2.24, 2.45) is 4.99 Å². The summed E-state index contributed by atoms with van der Waals surface area (Å²) in [6, 6.07) is 17.5. The van der Waals surface area contributed by atoms with Crippen molar-refractivity contribution in [2.45, 2.75) is 52.2 Å². The van der Waals surface area contributed by atoms with Crippen molar-refractivity contribution in [1.82, 2.24) is 4.90 Å². The van der Waals surface area contributed by atoms with Gasteiger partial charge in [-0.25, -0.2) is 9.79 Å². The number of anilines is 1. The van der Waals surface area contributed by atoms with Crippen LogP contribution in [0.1, 0.15) is 50.8 Å². The van der Waals surface area contributed by atoms with Crippen LogP contribution >= 0.6 is 11.8 Å². The van der Waals surface area contributed by atoms with Crippen molar-refractivity contribution < 1.29 is 14.3 Å². The van der Waals surface area contributed by atoms with Crippen LogP contribution in [0.3, 0.4) is 0 Å². The van der Waals surface area contributed by atoms with Gasteiger partial charge < -0.3 is 15.0 Å². The van der Waals surface area contributed by atoms with Crippen molar-refractivity contribution in [2.75, 3.05) is 17.6 Å². The smallest absolute Gasteiger partial charge is 0.338 e. The number of thioether (sulfide) groups is 1. The third kappa shape index (κ3) is 5.70. The van der Waals surface area contributed by atoms with Gasteiger partial charge >= 0.3 is 5.97 Å². The number of carbonyl (C=O) groups excluding carboxylic acids is 2. The molecule has 1 fully saturated rings. The molecule has 6 nitrogen and oxygen atoms in total. The van der Waals surface area contributed by atoms with Gasteiger partial charge in [0.2, 0.25) is 5.91 Å². The second kappa shape index (κ2) is 10.9. The third-order valence-corrected chi connectivity index (χ3v) is 6.87. The lowest BCUT2D eigenvalue weighted by atomic mass is 9.94. The quantitative estimate of drug-likeness (QED) is 0.546. The Balaban J connectivity index is 1.57. The van der Waals surface area contributed by atoms with Crippen LogP contribution in [0, 0.1) is 0 Å². The van der Waals surface area contributed by atoms with Crippen LogP contribution in [0.5, 0.6) is 0 Å². The van der Waals surface area contributed by atoms with Crippen molar-refractivity contribution in [3.63, 3.8) is 0 Å². The number of amidine groups is 1. The van der Waals surface area contributed by atoms with E-state index in [9.17, 15) is 9.59 Å². The van der Waals surface area contributed by atoms with Crippen molar-refractivity contribution in [1.29, 1.82) is 0 Å². The Kier molecular flexibility index (Phi) is 7.73. The normalized spacial score (nSPS) is 17.8. The average molecular weight is 478 g/mol. The fraction of sp³-hybridized carbons (Fsp3) is 0.370. The number of fused-ring (bicyclic) bond motifs is 1. The first kappa shape index (κ1) is 24.1. The molecule has 1 N–H and O–H groups in total. The van der Waals surface area contributed by atoms with E-state index in [4.69, 9.17) is 9.73 Å². The number of nitrogens with zero attached hydrogens (tertiary/aromatic N) is 2. The largest absolute Gasteiger partial charge is 0.459 e. The summed E-state index contributed by atoms with van der Waals surface area (Å²) in [4.78, 5) is 32.6. The first-order chi connectivity index (χ1) is 16.4. The van der Waals surface area contributed by atoms with Gasteiger partial charge in [0.1, 0.15) is 0 Å². The molecule has 0 aromatic heterocycles. The van der Waals surface area contributed by atoms with E-state index in [1.54, 1.807) is 11.8 Å². The molecule has 2 heterocycles. The molecule has 2 aliphatic rings. The highest BCUT2D eigenvalue weighted by Crippen LogP contribution is 2.40. The highest BCUT2D eigenvalue weighted by Gasteiger charge is 2.38. The molecule has 1 saturated heterocycles. The number of ether oxygens (including phenoxy) is 1. The molecule has 7 heteroatoms. The molecular formula is C27H31N3O3S. The van der Waals surface area contributed by atoms with E-state index in [0.717, 1.165) is 40.7 Å². The summed E-state index contributed by atoms with van der Waals surface area (Å²) in [6.07, 6.45) is 1.89. The van der Waals surface area contributed by atoms with E-state index in [0.29, 0.717) is 24.1 Å². The third-order valence-electron chi connectivity index (χ3n) is 5.79. The predicted molar refractivity (Wildman–Crippen MR) is 138 cm³/mol. The number of hydrogen-bond donors (Lipinski definition) is 1. The molecule has 2 aliphatic heterocycles. The van der Waals surface area contributed by atoms with Crippen molar-refractivity contribution >= 4 is 34.5 Å². The number of esters is 1. The van der Waals surface area contributed by atoms with Crippen LogP contribution in [0.4, 0.5) is 5.69 Å². The van der Waals surface area contributed by atoms with Crippen LogP contribution < -0.4 is 5.32 Å². The van der Waals surface area contributed by atoms with Gasteiger partial charge in [-0.3, -0.25) is 4.79 Å². The van der Waals surface area contributed by atoms with Crippen molar-refractivity contribution in [3.05, 3.63) is 77.0 Å². The SMILES string of the molecule is CC1=C(C(=O)OC(C)C)[C@@H](c2cccc(NC(=O)CCc3ccccc3)c2)N2CCCSC2=N1. The number of hydrogen-bond acceptors (Lipinski definition) is 6. The Morgan fingerprint density at radius 2 is 1.97 bits per heavy atom. The number of aryl methyl sites for hydroxylation is 1. The van der Waals surface area contributed by atoms with E-state index < -0.39 is 0 Å². The number of benzene rings is 2. The Morgan fingerprint density at radius 1 is 1.18 bits per heavy atom. The second-order valence-electron chi connectivity index (χ2n) is 8.80. The lowest BCUT2D eigenvalue weighted by Crippen LogP contribution is -2.42. The zero-order valence-corrected chi connectivity index (χ0v) is 20.7. The maximum atomic E-state index is 13.1. The average Bonchev–Trinajstić information content (AvgIpc) is 2.82. The number of carbonyl (C=O) groups is 2. The maximum Gasteiger partial charge on any atom is 0.338 e. The molecule has 1 amide bonds. The zero-order chi connectivity index (χ0) is 24.1. The van der Waals surface area contributed by atoms with Crippen LogP contribution in [-0.2, 0) is 20.7 Å². The molecule has 0 radical (unpaired) electrons. The van der Waals surface area contributed by atoms with Gasteiger partial charge in [-0.2, -0.15) is 0 Å². The van der Waals surface area contributed by atoms with Gasteiger partial charge in [0.05, 0.1) is 23.4 Å². The highest BCUT2D eigenvalue weighted by atomic mass is 32.2. The molecule has 0 saturated carbocycles. The van der Waals surface area contributed by atoms with Crippen LogP contribution in [0.15, 0.2) is 70.9 Å². The lowest BCUT2D eigenvalue weighted by Gasteiger charge is -2.40. The minimum absolute atomic E-state index is 0.0356. The van der Waals surface area contributed by atoms with Crippen LogP contribution in [-0.4, -0.2) is 40.3 Å². The highest BCUT2D eigenvalue weighted by molar-refractivity contribution is 8.13. The molecule has 2 aromatic rings. The van der Waals surface area contributed by atoms with Gasteiger partial charge in [0.25, 0.3) is 0 Å². The Bertz CT molecular complexity index is 1110. The first-order valence-corrected chi connectivity index (χ1v) is 12.7. The molecular weight excluding hydrogens is 446 g/mol. The number of allylic oxidation sites excluding steroid dienone is 1. The summed E-state index contributed by atoms with van der Waals surface area (Å²) in [5.41, 5.74) is 4.04. The molecule has 0 bridgehead atoms. The zero-order valence-electron chi connectivity index (χ0n) is 19.9. The van der Waals surface area contributed by atoms with Crippen LogP contribution in [0.2, 0.25) is 0 Å². The monoisotopic (exact) mass is 477 g/mol. The lowest BCUT2D eigenvalue weighted by molar-refractivity contribution is -0.143. The van der Waals surface area contributed by atoms with Gasteiger partial charge in [-0.05, 0) is 56.9 Å². The van der Waals surface area contributed by atoms with E-state index in [-0.39, 0.29) is 24.0 Å². The number of rotatable bonds is 7. The molecule has 34 heavy (non-hydrogen) atoms. The van der Waals surface area contributed by atoms with Crippen molar-refractivity contribution in [3.8, 4) is 0 Å². The molecule has 0 aliphatic carbocycles. The minimum Gasteiger partial charge on any atom is -0.459 e. The number of aliphatic imine (C=N–C) groups is 1. The summed E-state index contributed by atoms with van der Waals surface area (Å²) in [7, 11) is 0. The fourth-order valence-corrected chi connectivity index (χ4v) is 5.29. The molecule has 0 unspecified atom stereocenters. The summed E-state index contributed by atoms with van der Waals surface area (Å²) >= 11 is 1.72. The Labute approximate surface area is 205 Å². The summed E-state index contributed by atoms with van der Waals surface area (Å²) in [6.45, 7) is 6.39. The molecule has 2 aromatic carbocycles. The minimum atomic E-state index is -0.340. The van der Waals surface area contributed by atoms with E-state index in [2.05, 4.69) is 10.2 Å². The van der Waals surface area contributed by atoms with E-state index >= 15 is 0 Å². The molecule has 1 atom stereocenters. The van der Waals surface area contributed by atoms with Crippen LogP contribution in [0.25, 0.3) is 0 Å². The van der Waals surface area contributed by atoms with Gasteiger partial charge in [0, 0.05) is 24.4 Å². The van der Waals surface area contributed by atoms with E-state index in [1.165, 1.54) is 0 Å². The molecule has 4 rings (SSSR count). The summed E-state index contributed by atoms with van der Waals surface area (Å²) in [5.74, 6) is 0.637. The summed E-state index contributed by atoms with van der Waals surface area (Å²) < 4.78 is 5.59. The molecule has 0 spiro atoms. The predicted octanol–water partition coefficient (Wildman–Crippen LogP) is 5.33. The standard InChI is InChI=1S/C27H31N3O3S/c1-18(2)33-26(32)24-19(3)28-27-30(15-8-16-34-27)25(24)21-11-7-12-22(17-21)29-23(31)14-13-20-9-5-4-6-10-20/h4-7,9-12,17-18,25H,8,13-16H2,1-3H3,(H,29,31)/t25-/m1/s1. The topological polar surface area (TPSA) is 71.0 Å². The number of amides is 1. The van der Waals surface area contributed by atoms with Gasteiger partial charge in [0.15, 0.2) is 5.17 Å². The first-order valence-electron chi connectivity index (χ1n) is 11.8. The Morgan fingerprint density at radius 3 is 2.74 bits per heavy atom. The number of nitrogens with one attached hydrogen (secondary N) is 1. The van der Waals surface area contributed by atoms with E-state index in [1.807, 2.05) is 75.4 Å². The van der Waals surface area contributed by atoms with Gasteiger partial charge in [-0.1, -0.05) is 54.2 Å². The Hall–Kier alpha value is -3.06.